The van der Waals surface area contributed by atoms with Gasteiger partial charge in [0, 0.05) is 17.3 Å². The van der Waals surface area contributed by atoms with Gasteiger partial charge in [0.2, 0.25) is 10.0 Å². The lowest BCUT2D eigenvalue weighted by atomic mass is 10.1. The Hall–Kier alpha value is -3.03. The maximum absolute atomic E-state index is 13.0. The Morgan fingerprint density at radius 2 is 1.61 bits per heavy atom. The number of hydrogen-bond donors (Lipinski definition) is 2. The molecule has 0 aromatic heterocycles. The summed E-state index contributed by atoms with van der Waals surface area (Å²) < 4.78 is 41.0. The van der Waals surface area contributed by atoms with Gasteiger partial charge in [-0.2, -0.15) is 0 Å². The van der Waals surface area contributed by atoms with Gasteiger partial charge in [0.15, 0.2) is 0 Å². The molecular formula is C21H19FN2O3S. The van der Waals surface area contributed by atoms with Crippen molar-refractivity contribution in [2.75, 3.05) is 5.32 Å². The first kappa shape index (κ1) is 19.7. The highest BCUT2D eigenvalue weighted by molar-refractivity contribution is 7.89. The van der Waals surface area contributed by atoms with Crippen molar-refractivity contribution in [3.63, 3.8) is 0 Å². The van der Waals surface area contributed by atoms with Gasteiger partial charge in [-0.1, -0.05) is 36.4 Å². The summed E-state index contributed by atoms with van der Waals surface area (Å²) in [6.45, 7) is 1.75. The van der Waals surface area contributed by atoms with Gasteiger partial charge in [-0.05, 0) is 55.0 Å². The van der Waals surface area contributed by atoms with Gasteiger partial charge in [0.1, 0.15) is 5.82 Å². The number of anilines is 1. The van der Waals surface area contributed by atoms with Crippen LogP contribution in [0.15, 0.2) is 83.8 Å². The Bertz CT molecular complexity index is 1070. The van der Waals surface area contributed by atoms with E-state index in [-0.39, 0.29) is 10.5 Å². The second-order valence-corrected chi connectivity index (χ2v) is 7.96. The number of sulfonamides is 1. The second-order valence-electron chi connectivity index (χ2n) is 6.24. The third-order valence-electron chi connectivity index (χ3n) is 4.14. The van der Waals surface area contributed by atoms with E-state index in [9.17, 15) is 17.6 Å². The lowest BCUT2D eigenvalue weighted by Crippen LogP contribution is -2.27. The zero-order chi connectivity index (χ0) is 20.1. The van der Waals surface area contributed by atoms with Crippen molar-refractivity contribution in [2.45, 2.75) is 17.9 Å². The molecule has 1 amide bonds. The van der Waals surface area contributed by atoms with Crippen molar-refractivity contribution in [1.29, 1.82) is 0 Å². The van der Waals surface area contributed by atoms with E-state index in [1.54, 1.807) is 6.92 Å². The van der Waals surface area contributed by atoms with Crippen LogP contribution >= 0.6 is 0 Å². The Morgan fingerprint density at radius 1 is 0.929 bits per heavy atom. The Labute approximate surface area is 163 Å². The molecule has 1 unspecified atom stereocenters. The SMILES string of the molecule is CC(NS(=O)(=O)c1cccc(C(=O)Nc2ccc(F)cc2)c1)c1ccccc1. The molecule has 144 valence electrons. The normalized spacial score (nSPS) is 12.4. The van der Waals surface area contributed by atoms with Crippen LogP contribution in [0.4, 0.5) is 10.1 Å². The molecule has 28 heavy (non-hydrogen) atoms. The summed E-state index contributed by atoms with van der Waals surface area (Å²) in [5.41, 5.74) is 1.42. The van der Waals surface area contributed by atoms with Gasteiger partial charge in [-0.3, -0.25) is 4.79 Å². The average molecular weight is 398 g/mol. The fourth-order valence-electron chi connectivity index (χ4n) is 2.65. The molecule has 0 bridgehead atoms. The smallest absolute Gasteiger partial charge is 0.255 e. The molecule has 0 aliphatic rings. The average Bonchev–Trinajstić information content (AvgIpc) is 2.70. The number of rotatable bonds is 6. The van der Waals surface area contributed by atoms with Crippen LogP contribution in [0.5, 0.6) is 0 Å². The lowest BCUT2D eigenvalue weighted by Gasteiger charge is -2.15. The molecule has 7 heteroatoms. The highest BCUT2D eigenvalue weighted by Gasteiger charge is 2.19. The quantitative estimate of drug-likeness (QED) is 0.656. The molecule has 3 aromatic rings. The maximum Gasteiger partial charge on any atom is 0.255 e. The van der Waals surface area contributed by atoms with Gasteiger partial charge in [0.25, 0.3) is 5.91 Å². The Balaban J connectivity index is 1.77. The van der Waals surface area contributed by atoms with E-state index in [0.29, 0.717) is 5.69 Å². The van der Waals surface area contributed by atoms with Crippen molar-refractivity contribution < 1.29 is 17.6 Å². The van der Waals surface area contributed by atoms with E-state index >= 15 is 0 Å². The summed E-state index contributed by atoms with van der Waals surface area (Å²) in [5, 5.41) is 2.61. The van der Waals surface area contributed by atoms with Crippen molar-refractivity contribution in [3.05, 3.63) is 95.8 Å². The minimum Gasteiger partial charge on any atom is -0.322 e. The molecule has 3 aromatic carbocycles. The number of amides is 1. The van der Waals surface area contributed by atoms with Gasteiger partial charge in [-0.15, -0.1) is 0 Å². The zero-order valence-corrected chi connectivity index (χ0v) is 15.9. The van der Waals surface area contributed by atoms with Gasteiger partial charge in [0.05, 0.1) is 4.90 Å². The third kappa shape index (κ3) is 4.82. The highest BCUT2D eigenvalue weighted by atomic mass is 32.2. The fourth-order valence-corrected chi connectivity index (χ4v) is 3.93. The summed E-state index contributed by atoms with van der Waals surface area (Å²) in [7, 11) is -3.82. The summed E-state index contributed by atoms with van der Waals surface area (Å²) in [4.78, 5) is 12.4. The van der Waals surface area contributed by atoms with E-state index in [2.05, 4.69) is 10.0 Å². The largest absolute Gasteiger partial charge is 0.322 e. The Morgan fingerprint density at radius 3 is 2.29 bits per heavy atom. The summed E-state index contributed by atoms with van der Waals surface area (Å²) >= 11 is 0. The second kappa shape index (κ2) is 8.33. The minimum absolute atomic E-state index is 0.0120. The van der Waals surface area contributed by atoms with Crippen LogP contribution in [-0.2, 0) is 10.0 Å². The number of benzene rings is 3. The van der Waals surface area contributed by atoms with E-state index in [0.717, 1.165) is 5.56 Å². The van der Waals surface area contributed by atoms with Gasteiger partial charge in [-0.25, -0.2) is 17.5 Å². The molecular weight excluding hydrogens is 379 g/mol. The summed E-state index contributed by atoms with van der Waals surface area (Å²) in [5.74, 6) is -0.899. The van der Waals surface area contributed by atoms with Crippen LogP contribution in [0.2, 0.25) is 0 Å². The van der Waals surface area contributed by atoms with Crippen LogP contribution in [0, 0.1) is 5.82 Å². The van der Waals surface area contributed by atoms with Crippen molar-refractivity contribution >= 4 is 21.6 Å². The van der Waals surface area contributed by atoms with E-state index < -0.39 is 27.8 Å². The molecule has 0 heterocycles. The predicted molar refractivity (Wildman–Crippen MR) is 106 cm³/mol. The number of nitrogens with one attached hydrogen (secondary N) is 2. The molecule has 0 saturated carbocycles. The molecule has 3 rings (SSSR count). The first-order chi connectivity index (χ1) is 13.3. The molecule has 0 fully saturated rings. The van der Waals surface area contributed by atoms with Crippen molar-refractivity contribution in [2.24, 2.45) is 0 Å². The summed E-state index contributed by atoms with van der Waals surface area (Å²) in [6.07, 6.45) is 0. The third-order valence-corrected chi connectivity index (χ3v) is 5.68. The predicted octanol–water partition coefficient (Wildman–Crippen LogP) is 4.12. The molecule has 0 aliphatic heterocycles. The number of halogens is 1. The summed E-state index contributed by atoms with van der Waals surface area (Å²) in [6, 6.07) is 19.8. The topological polar surface area (TPSA) is 75.3 Å². The lowest BCUT2D eigenvalue weighted by molar-refractivity contribution is 0.102. The van der Waals surface area contributed by atoms with Gasteiger partial charge >= 0.3 is 0 Å². The standard InChI is InChI=1S/C21H19FN2O3S/c1-15(16-6-3-2-4-7-16)24-28(26,27)20-9-5-8-17(14-20)21(25)23-19-12-10-18(22)11-13-19/h2-15,24H,1H3,(H,23,25). The van der Waals surface area contributed by atoms with Crippen LogP contribution in [0.1, 0.15) is 28.9 Å². The highest BCUT2D eigenvalue weighted by Crippen LogP contribution is 2.18. The van der Waals surface area contributed by atoms with Crippen LogP contribution in [-0.4, -0.2) is 14.3 Å². The number of hydrogen-bond acceptors (Lipinski definition) is 3. The van der Waals surface area contributed by atoms with Gasteiger partial charge < -0.3 is 5.32 Å². The van der Waals surface area contributed by atoms with E-state index in [4.69, 9.17) is 0 Å². The number of carbonyl (C=O) groups is 1. The maximum atomic E-state index is 13.0. The van der Waals surface area contributed by atoms with E-state index in [1.165, 1.54) is 48.5 Å². The first-order valence-corrected chi connectivity index (χ1v) is 10.1. The van der Waals surface area contributed by atoms with Crippen LogP contribution < -0.4 is 10.0 Å². The molecule has 0 spiro atoms. The molecule has 0 saturated heterocycles. The first-order valence-electron chi connectivity index (χ1n) is 8.59. The molecule has 0 aliphatic carbocycles. The molecule has 5 nitrogen and oxygen atoms in total. The minimum atomic E-state index is -3.82. The molecule has 2 N–H and O–H groups in total. The van der Waals surface area contributed by atoms with Crippen LogP contribution in [0.25, 0.3) is 0 Å². The van der Waals surface area contributed by atoms with E-state index in [1.807, 2.05) is 30.3 Å². The zero-order valence-electron chi connectivity index (χ0n) is 15.1. The molecule has 1 atom stereocenters. The fraction of sp³-hybridized carbons (Fsp3) is 0.0952. The van der Waals surface area contributed by atoms with Crippen LogP contribution in [0.3, 0.4) is 0 Å². The van der Waals surface area contributed by atoms with Crippen molar-refractivity contribution in [1.82, 2.24) is 4.72 Å². The monoisotopic (exact) mass is 398 g/mol. The number of carbonyl (C=O) groups excluding carboxylic acids is 1. The Kier molecular flexibility index (Phi) is 5.87. The molecule has 0 radical (unpaired) electrons. The van der Waals surface area contributed by atoms with Crippen molar-refractivity contribution in [3.8, 4) is 0 Å².